The third-order valence-corrected chi connectivity index (χ3v) is 6.56. The van der Waals surface area contributed by atoms with E-state index in [1.165, 1.54) is 21.3 Å². The Balaban J connectivity index is 1.58. The average Bonchev–Trinajstić information content (AvgIpc) is 3.39. The number of nitriles is 1. The van der Waals surface area contributed by atoms with Crippen LogP contribution in [-0.4, -0.2) is 68.8 Å². The van der Waals surface area contributed by atoms with Gasteiger partial charge in [0.1, 0.15) is 17.4 Å². The number of morpholine rings is 1. The minimum Gasteiger partial charge on any atom is -0.493 e. The van der Waals surface area contributed by atoms with Gasteiger partial charge < -0.3 is 39.1 Å². The summed E-state index contributed by atoms with van der Waals surface area (Å²) in [5, 5.41) is 17.4. The van der Waals surface area contributed by atoms with Crippen LogP contribution in [0.2, 0.25) is 0 Å². The second kappa shape index (κ2) is 10.8. The first-order valence-corrected chi connectivity index (χ1v) is 12.1. The molecule has 12 nitrogen and oxygen atoms in total. The van der Waals surface area contributed by atoms with Crippen molar-refractivity contribution < 1.29 is 33.2 Å². The van der Waals surface area contributed by atoms with Gasteiger partial charge >= 0.3 is 6.09 Å². The monoisotopic (exact) mass is 533 g/mol. The molecule has 202 valence electrons. The molecule has 5 rings (SSSR count). The maximum absolute atomic E-state index is 12.7. The molecule has 1 aromatic heterocycles. The van der Waals surface area contributed by atoms with Gasteiger partial charge in [-0.2, -0.15) is 5.26 Å². The van der Waals surface area contributed by atoms with Crippen molar-refractivity contribution >= 4 is 6.09 Å². The third kappa shape index (κ3) is 4.75. The summed E-state index contributed by atoms with van der Waals surface area (Å²) in [6.07, 6.45) is -0.472. The second-order valence-electron chi connectivity index (χ2n) is 8.70. The fourth-order valence-electron chi connectivity index (χ4n) is 4.69. The van der Waals surface area contributed by atoms with E-state index in [0.717, 1.165) is 0 Å². The van der Waals surface area contributed by atoms with Crippen molar-refractivity contribution in [2.24, 2.45) is 5.73 Å². The van der Waals surface area contributed by atoms with Crippen LogP contribution in [0.25, 0.3) is 11.3 Å². The van der Waals surface area contributed by atoms with Crippen LogP contribution in [0, 0.1) is 11.3 Å². The number of H-pyrrole nitrogens is 1. The zero-order valence-electron chi connectivity index (χ0n) is 21.6. The lowest BCUT2D eigenvalue weighted by molar-refractivity contribution is 0.0416. The van der Waals surface area contributed by atoms with E-state index in [4.69, 9.17) is 34.2 Å². The number of carbonyl (C=O) groups excluding carboxylic acids is 1. The number of amides is 1. The van der Waals surface area contributed by atoms with Crippen molar-refractivity contribution in [3.63, 3.8) is 0 Å². The van der Waals surface area contributed by atoms with E-state index >= 15 is 0 Å². The Morgan fingerprint density at radius 3 is 2.49 bits per heavy atom. The number of hydrogen-bond donors (Lipinski definition) is 2. The number of nitrogens with two attached hydrogens (primary N) is 1. The lowest BCUT2D eigenvalue weighted by atomic mass is 9.83. The molecule has 3 N–H and O–H groups in total. The number of benzene rings is 2. The minimum atomic E-state index is -0.673. The highest BCUT2D eigenvalue weighted by Gasteiger charge is 2.36. The number of allylic oxidation sites excluding steroid dienone is 1. The van der Waals surface area contributed by atoms with Crippen LogP contribution < -0.4 is 29.4 Å². The van der Waals surface area contributed by atoms with Crippen molar-refractivity contribution in [3.05, 3.63) is 59.0 Å². The van der Waals surface area contributed by atoms with Gasteiger partial charge in [-0.1, -0.05) is 12.1 Å². The van der Waals surface area contributed by atoms with Crippen LogP contribution in [0.3, 0.4) is 0 Å². The van der Waals surface area contributed by atoms with Gasteiger partial charge in [0.05, 0.1) is 51.7 Å². The van der Waals surface area contributed by atoms with E-state index < -0.39 is 12.0 Å². The molecule has 2 aromatic carbocycles. The number of aromatic amines is 1. The van der Waals surface area contributed by atoms with E-state index in [1.807, 2.05) is 6.07 Å². The van der Waals surface area contributed by atoms with Gasteiger partial charge in [-0.05, 0) is 29.8 Å². The minimum absolute atomic E-state index is 0.0614. The Labute approximate surface area is 224 Å². The van der Waals surface area contributed by atoms with E-state index in [2.05, 4.69) is 16.3 Å². The van der Waals surface area contributed by atoms with Gasteiger partial charge in [0.2, 0.25) is 17.5 Å². The number of ether oxygens (including phenoxy) is 6. The summed E-state index contributed by atoms with van der Waals surface area (Å²) in [6.45, 7) is 1.82. The van der Waals surface area contributed by atoms with Gasteiger partial charge in [0, 0.05) is 18.7 Å². The number of methoxy groups -OCH3 is 3. The number of fused-ring (bicyclic) bond motifs is 1. The third-order valence-electron chi connectivity index (χ3n) is 6.56. The van der Waals surface area contributed by atoms with Crippen LogP contribution in [0.15, 0.2) is 47.9 Å². The van der Waals surface area contributed by atoms with Crippen LogP contribution in [0.4, 0.5) is 4.79 Å². The van der Waals surface area contributed by atoms with Gasteiger partial charge in [-0.3, -0.25) is 5.10 Å². The molecular weight excluding hydrogens is 506 g/mol. The number of nitrogens with one attached hydrogen (secondary N) is 1. The summed E-state index contributed by atoms with van der Waals surface area (Å²) in [7, 11) is 4.57. The zero-order chi connectivity index (χ0) is 27.5. The van der Waals surface area contributed by atoms with Gasteiger partial charge in [-0.25, -0.2) is 4.79 Å². The van der Waals surface area contributed by atoms with Crippen molar-refractivity contribution in [1.29, 1.82) is 5.26 Å². The number of carbonyl (C=O) groups is 1. The van der Waals surface area contributed by atoms with E-state index in [9.17, 15) is 10.1 Å². The molecular formula is C27H27N5O7. The first-order valence-electron chi connectivity index (χ1n) is 12.1. The first-order chi connectivity index (χ1) is 19.0. The standard InChI is InChI=1S/C27H27N5O7/c1-34-19-12-16(13-20(35-2)24(19)36-3)23-22-21(18(14-28)25(29)39-26(22)31-30-23)15-5-4-6-17(11-15)38-27(33)32-7-9-37-10-8-32/h4-6,11-13,21H,7-10,29H2,1-3H3,(H,30,31). The number of hydrogen-bond acceptors (Lipinski definition) is 10. The lowest BCUT2D eigenvalue weighted by Gasteiger charge is -2.26. The number of nitrogens with zero attached hydrogens (tertiary/aromatic N) is 3. The van der Waals surface area contributed by atoms with E-state index in [1.54, 1.807) is 35.2 Å². The molecule has 0 spiro atoms. The van der Waals surface area contributed by atoms with Crippen molar-refractivity contribution in [2.45, 2.75) is 5.92 Å². The van der Waals surface area contributed by atoms with Crippen LogP contribution in [0.5, 0.6) is 28.9 Å². The topological polar surface area (TPSA) is 154 Å². The number of aromatic nitrogens is 2. The van der Waals surface area contributed by atoms with Gasteiger partial charge in [0.25, 0.3) is 0 Å². The second-order valence-corrected chi connectivity index (χ2v) is 8.70. The van der Waals surface area contributed by atoms with Crippen molar-refractivity contribution in [1.82, 2.24) is 15.1 Å². The summed E-state index contributed by atoms with van der Waals surface area (Å²) in [4.78, 5) is 14.3. The fraction of sp³-hybridized carbons (Fsp3) is 0.296. The Morgan fingerprint density at radius 1 is 1.13 bits per heavy atom. The van der Waals surface area contributed by atoms with Gasteiger partial charge in [-0.15, -0.1) is 5.10 Å². The number of rotatable bonds is 6. The molecule has 39 heavy (non-hydrogen) atoms. The molecule has 0 radical (unpaired) electrons. The molecule has 1 amide bonds. The van der Waals surface area contributed by atoms with Crippen LogP contribution in [-0.2, 0) is 4.74 Å². The van der Waals surface area contributed by atoms with E-state index in [0.29, 0.717) is 71.7 Å². The van der Waals surface area contributed by atoms with Crippen LogP contribution in [0.1, 0.15) is 17.0 Å². The molecule has 0 saturated carbocycles. The molecule has 0 aliphatic carbocycles. The smallest absolute Gasteiger partial charge is 0.415 e. The maximum atomic E-state index is 12.7. The maximum Gasteiger partial charge on any atom is 0.415 e. The van der Waals surface area contributed by atoms with E-state index in [-0.39, 0.29) is 17.3 Å². The Hall–Kier alpha value is -4.89. The predicted octanol–water partition coefficient (Wildman–Crippen LogP) is 3.15. The largest absolute Gasteiger partial charge is 0.493 e. The van der Waals surface area contributed by atoms with Gasteiger partial charge in [0.15, 0.2) is 11.5 Å². The molecule has 1 unspecified atom stereocenters. The quantitative estimate of drug-likeness (QED) is 0.483. The summed E-state index contributed by atoms with van der Waals surface area (Å²) >= 11 is 0. The molecule has 1 atom stereocenters. The highest BCUT2D eigenvalue weighted by molar-refractivity contribution is 5.75. The van der Waals surface area contributed by atoms with Crippen LogP contribution >= 0.6 is 0 Å². The molecule has 12 heteroatoms. The fourth-order valence-corrected chi connectivity index (χ4v) is 4.69. The zero-order valence-corrected chi connectivity index (χ0v) is 21.6. The van der Waals surface area contributed by atoms with Crippen molar-refractivity contribution in [2.75, 3.05) is 47.6 Å². The highest BCUT2D eigenvalue weighted by atomic mass is 16.6. The summed E-state index contributed by atoms with van der Waals surface area (Å²) in [5.41, 5.74) is 8.78. The predicted molar refractivity (Wildman–Crippen MR) is 138 cm³/mol. The summed E-state index contributed by atoms with van der Waals surface area (Å²) in [6, 6.07) is 12.7. The SMILES string of the molecule is COc1cc(-c2[nH]nc3c2C(c2cccc(OC(=O)N4CCOCC4)c2)C(C#N)=C(N)O3)cc(OC)c1OC. The normalized spacial score (nSPS) is 16.6. The van der Waals surface area contributed by atoms with Crippen molar-refractivity contribution in [3.8, 4) is 46.2 Å². The average molecular weight is 534 g/mol. The first kappa shape index (κ1) is 25.7. The molecule has 3 heterocycles. The molecule has 2 aliphatic rings. The lowest BCUT2D eigenvalue weighted by Crippen LogP contribution is -2.42. The molecule has 1 fully saturated rings. The Bertz CT molecular complexity index is 1440. The molecule has 2 aliphatic heterocycles. The molecule has 0 bridgehead atoms. The summed E-state index contributed by atoms with van der Waals surface area (Å²) < 4.78 is 33.2. The molecule has 3 aromatic rings. The highest BCUT2D eigenvalue weighted by Crippen LogP contribution is 2.48. The Kier molecular flexibility index (Phi) is 7.16. The Morgan fingerprint density at radius 2 is 1.85 bits per heavy atom. The summed E-state index contributed by atoms with van der Waals surface area (Å²) in [5.74, 6) is 1.12. The molecule has 1 saturated heterocycles.